The molecule has 1 aromatic rings. The lowest BCUT2D eigenvalue weighted by Gasteiger charge is -2.28. The minimum atomic E-state index is -4.11. The second-order valence-corrected chi connectivity index (χ2v) is 10.5. The minimum Gasteiger partial charge on any atom is -0.341 e. The molecule has 1 aliphatic heterocycles. The summed E-state index contributed by atoms with van der Waals surface area (Å²) in [6, 6.07) is 2.32. The van der Waals surface area contributed by atoms with Crippen LogP contribution in [0.1, 0.15) is 56.3 Å². The van der Waals surface area contributed by atoms with E-state index >= 15 is 0 Å². The molecule has 0 bridgehead atoms. The molecule has 0 radical (unpaired) electrons. The highest BCUT2D eigenvalue weighted by atomic mass is 32.2. The van der Waals surface area contributed by atoms with E-state index in [2.05, 4.69) is 9.71 Å². The minimum absolute atomic E-state index is 0.00439. The van der Waals surface area contributed by atoms with Gasteiger partial charge in [0.2, 0.25) is 10.0 Å². The Morgan fingerprint density at radius 1 is 1.18 bits per heavy atom. The number of nitrogens with one attached hydrogen (secondary N) is 1. The predicted molar refractivity (Wildman–Crippen MR) is 107 cm³/mol. The average molecular weight is 428 g/mol. The number of hydrogen-bond donors (Lipinski definition) is 1. The van der Waals surface area contributed by atoms with E-state index < -0.39 is 20.0 Å². The number of amidine groups is 1. The number of carbonyl (C=O) groups excluding carboxylic acids is 1. The zero-order valence-electron chi connectivity index (χ0n) is 16.0. The van der Waals surface area contributed by atoms with E-state index in [4.69, 9.17) is 0 Å². The van der Waals surface area contributed by atoms with Crippen molar-refractivity contribution in [2.45, 2.75) is 55.7 Å². The lowest BCUT2D eigenvalue weighted by molar-refractivity contribution is 0.112. The summed E-state index contributed by atoms with van der Waals surface area (Å²) in [5.41, 5.74) is 0.110. The van der Waals surface area contributed by atoms with Crippen molar-refractivity contribution in [2.24, 2.45) is 10.3 Å². The number of carbonyl (C=O) groups is 1. The molecule has 0 saturated heterocycles. The Hall–Kier alpha value is -1.78. The molecule has 0 atom stereocenters. The molecule has 8 nitrogen and oxygen atoms in total. The quantitative estimate of drug-likeness (QED) is 0.698. The molecule has 1 heterocycles. The van der Waals surface area contributed by atoms with Crippen LogP contribution in [0.15, 0.2) is 26.3 Å². The van der Waals surface area contributed by atoms with Crippen LogP contribution in [0.2, 0.25) is 0 Å². The van der Waals surface area contributed by atoms with Crippen LogP contribution in [-0.2, 0) is 20.0 Å². The Morgan fingerprint density at radius 2 is 1.82 bits per heavy atom. The van der Waals surface area contributed by atoms with Crippen LogP contribution in [0.4, 0.5) is 5.69 Å². The van der Waals surface area contributed by atoms with Crippen molar-refractivity contribution >= 4 is 37.9 Å². The fraction of sp³-hybridized carbons (Fsp3) is 0.556. The van der Waals surface area contributed by atoms with E-state index in [0.29, 0.717) is 12.1 Å². The molecule has 28 heavy (non-hydrogen) atoms. The fourth-order valence-electron chi connectivity index (χ4n) is 3.78. The third-order valence-electron chi connectivity index (χ3n) is 5.32. The number of nitrogens with zero attached hydrogens (tertiary/aromatic N) is 2. The van der Waals surface area contributed by atoms with Crippen LogP contribution < -0.4 is 5.32 Å². The van der Waals surface area contributed by atoms with E-state index in [1.165, 1.54) is 10.4 Å². The van der Waals surface area contributed by atoms with E-state index in [9.17, 15) is 21.6 Å². The Kier molecular flexibility index (Phi) is 5.92. The Bertz CT molecular complexity index is 1010. The predicted octanol–water partition coefficient (Wildman–Crippen LogP) is 2.62. The Labute approximate surface area is 166 Å². The molecule has 10 heteroatoms. The zero-order chi connectivity index (χ0) is 20.5. The highest BCUT2D eigenvalue weighted by Gasteiger charge is 2.34. The number of fused-ring (bicyclic) bond motifs is 1. The monoisotopic (exact) mass is 427 g/mol. The maximum atomic E-state index is 12.8. The number of aldehydes is 1. The summed E-state index contributed by atoms with van der Waals surface area (Å²) in [6.07, 6.45) is 5.26. The number of benzene rings is 1. The summed E-state index contributed by atoms with van der Waals surface area (Å²) >= 11 is 0. The first kappa shape index (κ1) is 20.9. The molecule has 1 aromatic carbocycles. The van der Waals surface area contributed by atoms with Gasteiger partial charge in [-0.2, -0.15) is 12.7 Å². The molecule has 0 amide bonds. The molecule has 0 aromatic heterocycles. The van der Waals surface area contributed by atoms with E-state index in [1.807, 2.05) is 0 Å². The molecule has 0 unspecified atom stereocenters. The van der Waals surface area contributed by atoms with Crippen molar-refractivity contribution in [2.75, 3.05) is 18.4 Å². The number of sulfonamides is 2. The van der Waals surface area contributed by atoms with Crippen molar-refractivity contribution in [3.63, 3.8) is 0 Å². The number of rotatable bonds is 6. The van der Waals surface area contributed by atoms with E-state index in [-0.39, 0.29) is 40.0 Å². The highest BCUT2D eigenvalue weighted by molar-refractivity contribution is 7.91. The van der Waals surface area contributed by atoms with Gasteiger partial charge in [-0.1, -0.05) is 33.1 Å². The molecule has 154 valence electrons. The SMILES string of the molecule is CCN(CC)S(=O)(=O)c1cc(C=O)c2c(c1)S(=O)(=O)N=C(C1CCCCC1)N2. The summed E-state index contributed by atoms with van der Waals surface area (Å²) in [5.74, 6) is 0.338. The Morgan fingerprint density at radius 3 is 2.39 bits per heavy atom. The maximum absolute atomic E-state index is 12.8. The van der Waals surface area contributed by atoms with Gasteiger partial charge in [0, 0.05) is 24.6 Å². The van der Waals surface area contributed by atoms with Gasteiger partial charge in [0.1, 0.15) is 10.7 Å². The third kappa shape index (κ3) is 3.72. The standard InChI is InChI=1S/C18H25N3O5S2/c1-3-21(4-2)28(25,26)15-10-14(12-22)17-16(11-15)27(23,24)20-18(19-17)13-8-6-5-7-9-13/h10-13H,3-9H2,1-2H3,(H,19,20). The third-order valence-corrected chi connectivity index (χ3v) is 8.66. The first-order chi connectivity index (χ1) is 13.2. The van der Waals surface area contributed by atoms with Gasteiger partial charge in [-0.25, -0.2) is 8.42 Å². The van der Waals surface area contributed by atoms with Crippen molar-refractivity contribution in [1.82, 2.24) is 4.31 Å². The number of hydrogen-bond acceptors (Lipinski definition) is 6. The van der Waals surface area contributed by atoms with Crippen molar-refractivity contribution in [1.29, 1.82) is 0 Å². The van der Waals surface area contributed by atoms with Gasteiger partial charge in [0.15, 0.2) is 6.29 Å². The van der Waals surface area contributed by atoms with Gasteiger partial charge in [-0.3, -0.25) is 4.79 Å². The van der Waals surface area contributed by atoms with Gasteiger partial charge in [0.05, 0.1) is 10.6 Å². The summed E-state index contributed by atoms with van der Waals surface area (Å²) in [6.45, 7) is 3.86. The largest absolute Gasteiger partial charge is 0.341 e. The van der Waals surface area contributed by atoms with Crippen molar-refractivity contribution < 1.29 is 21.6 Å². The first-order valence-electron chi connectivity index (χ1n) is 9.49. The molecule has 0 spiro atoms. The first-order valence-corrected chi connectivity index (χ1v) is 12.4. The summed E-state index contributed by atoms with van der Waals surface area (Å²) in [5, 5.41) is 3.01. The van der Waals surface area contributed by atoms with Gasteiger partial charge in [0.25, 0.3) is 10.0 Å². The summed E-state index contributed by atoms with van der Waals surface area (Å²) < 4.78 is 56.4. The van der Waals surface area contributed by atoms with Crippen LogP contribution in [0.5, 0.6) is 0 Å². The lowest BCUT2D eigenvalue weighted by Crippen LogP contribution is -2.32. The normalized spacial score (nSPS) is 19.6. The van der Waals surface area contributed by atoms with Gasteiger partial charge < -0.3 is 5.32 Å². The van der Waals surface area contributed by atoms with Crippen LogP contribution in [0, 0.1) is 5.92 Å². The van der Waals surface area contributed by atoms with Gasteiger partial charge >= 0.3 is 0 Å². The van der Waals surface area contributed by atoms with Crippen molar-refractivity contribution in [3.8, 4) is 0 Å². The van der Waals surface area contributed by atoms with Gasteiger partial charge in [-0.15, -0.1) is 4.40 Å². The topological polar surface area (TPSA) is 113 Å². The smallest absolute Gasteiger partial charge is 0.286 e. The average Bonchev–Trinajstić information content (AvgIpc) is 2.68. The maximum Gasteiger partial charge on any atom is 0.286 e. The molecular formula is C18H25N3O5S2. The lowest BCUT2D eigenvalue weighted by atomic mass is 9.88. The summed E-state index contributed by atoms with van der Waals surface area (Å²) in [7, 11) is -8.03. The summed E-state index contributed by atoms with van der Waals surface area (Å²) in [4.78, 5) is 11.2. The van der Waals surface area contributed by atoms with Crippen LogP contribution in [0.25, 0.3) is 0 Å². The fourth-order valence-corrected chi connectivity index (χ4v) is 6.63. The molecule has 1 fully saturated rings. The van der Waals surface area contributed by atoms with Crippen LogP contribution in [-0.4, -0.2) is 46.4 Å². The zero-order valence-corrected chi connectivity index (χ0v) is 17.6. The van der Waals surface area contributed by atoms with Crippen molar-refractivity contribution in [3.05, 3.63) is 17.7 Å². The van der Waals surface area contributed by atoms with E-state index in [0.717, 1.165) is 38.2 Å². The molecule has 1 aliphatic carbocycles. The van der Waals surface area contributed by atoms with Gasteiger partial charge in [-0.05, 0) is 25.0 Å². The molecule has 1 saturated carbocycles. The highest BCUT2D eigenvalue weighted by Crippen LogP contribution is 2.36. The molecule has 2 aliphatic rings. The molecule has 1 N–H and O–H groups in total. The number of anilines is 1. The molecule has 3 rings (SSSR count). The van der Waals surface area contributed by atoms with Crippen LogP contribution >= 0.6 is 0 Å². The second kappa shape index (κ2) is 7.92. The second-order valence-electron chi connectivity index (χ2n) is 7.00. The Balaban J connectivity index is 2.12. The molecular weight excluding hydrogens is 402 g/mol. The van der Waals surface area contributed by atoms with E-state index in [1.54, 1.807) is 13.8 Å². The van der Waals surface area contributed by atoms with Crippen LogP contribution in [0.3, 0.4) is 0 Å².